The Morgan fingerprint density at radius 2 is 2.07 bits per heavy atom. The molecule has 1 atom stereocenters. The second-order valence-corrected chi connectivity index (χ2v) is 8.08. The number of ketones is 1. The first-order valence-corrected chi connectivity index (χ1v) is 10.3. The summed E-state index contributed by atoms with van der Waals surface area (Å²) in [7, 11) is 0. The average Bonchev–Trinajstić information content (AvgIpc) is 3.38. The van der Waals surface area contributed by atoms with Crippen molar-refractivity contribution in [1.82, 2.24) is 15.2 Å². The maximum atomic E-state index is 12.6. The van der Waals surface area contributed by atoms with Gasteiger partial charge in [0.2, 0.25) is 0 Å². The van der Waals surface area contributed by atoms with Gasteiger partial charge in [-0.1, -0.05) is 30.3 Å². The van der Waals surface area contributed by atoms with Gasteiger partial charge in [-0.3, -0.25) is 14.5 Å². The minimum atomic E-state index is -0.193. The molecule has 4 rings (SSSR count). The van der Waals surface area contributed by atoms with E-state index in [1.807, 2.05) is 29.5 Å². The molecule has 0 spiro atoms. The van der Waals surface area contributed by atoms with Gasteiger partial charge in [-0.05, 0) is 42.0 Å². The number of thiophene rings is 1. The Labute approximate surface area is 168 Å². The Hall–Kier alpha value is -2.70. The van der Waals surface area contributed by atoms with E-state index in [-0.39, 0.29) is 17.7 Å². The van der Waals surface area contributed by atoms with Gasteiger partial charge in [0.25, 0.3) is 5.91 Å². The molecule has 1 aliphatic heterocycles. The number of nitrogens with one attached hydrogen (secondary N) is 2. The summed E-state index contributed by atoms with van der Waals surface area (Å²) in [5.41, 5.74) is 3.51. The minimum Gasteiger partial charge on any atom is -0.356 e. The van der Waals surface area contributed by atoms with Crippen LogP contribution in [0.4, 0.5) is 0 Å². The van der Waals surface area contributed by atoms with Gasteiger partial charge in [-0.25, -0.2) is 0 Å². The SMILES string of the molecule is CC(=O)c1c[nH]c(C(=O)NC[C@H](c2ccccc2)N2CCc3sccc3C2)c1. The van der Waals surface area contributed by atoms with Crippen LogP contribution < -0.4 is 5.32 Å². The van der Waals surface area contributed by atoms with Crippen molar-refractivity contribution in [3.63, 3.8) is 0 Å². The summed E-state index contributed by atoms with van der Waals surface area (Å²) in [6, 6.07) is 14.2. The first kappa shape index (κ1) is 18.7. The van der Waals surface area contributed by atoms with E-state index in [0.29, 0.717) is 17.8 Å². The molecule has 2 N–H and O–H groups in total. The molecular weight excluding hydrogens is 370 g/mol. The molecule has 1 aromatic carbocycles. The van der Waals surface area contributed by atoms with Crippen LogP contribution in [-0.2, 0) is 13.0 Å². The Balaban J connectivity index is 1.50. The molecule has 2 aromatic heterocycles. The molecule has 5 nitrogen and oxygen atoms in total. The van der Waals surface area contributed by atoms with Crippen LogP contribution in [0.3, 0.4) is 0 Å². The first-order valence-electron chi connectivity index (χ1n) is 9.43. The molecule has 0 aliphatic carbocycles. The van der Waals surface area contributed by atoms with Crippen molar-refractivity contribution in [3.05, 3.63) is 81.3 Å². The predicted octanol–water partition coefficient (Wildman–Crippen LogP) is 3.81. The number of fused-ring (bicyclic) bond motifs is 1. The highest BCUT2D eigenvalue weighted by Gasteiger charge is 2.26. The zero-order chi connectivity index (χ0) is 19.5. The Morgan fingerprint density at radius 3 is 2.82 bits per heavy atom. The second-order valence-electron chi connectivity index (χ2n) is 7.08. The molecular formula is C22H23N3O2S. The zero-order valence-electron chi connectivity index (χ0n) is 15.8. The number of nitrogens with zero attached hydrogens (tertiary/aromatic N) is 1. The summed E-state index contributed by atoms with van der Waals surface area (Å²) in [6.07, 6.45) is 2.62. The quantitative estimate of drug-likeness (QED) is 0.626. The molecule has 144 valence electrons. The number of amides is 1. The lowest BCUT2D eigenvalue weighted by Crippen LogP contribution is -2.40. The maximum Gasteiger partial charge on any atom is 0.267 e. The smallest absolute Gasteiger partial charge is 0.267 e. The number of Topliss-reactive ketones (excluding diaryl/α,β-unsaturated/α-hetero) is 1. The standard InChI is InChI=1S/C22H23N3O2S/c1-15(26)18-11-19(23-12-18)22(27)24-13-20(16-5-3-2-4-6-16)25-9-7-21-17(14-25)8-10-28-21/h2-6,8,10-12,20,23H,7,9,13-14H2,1H3,(H,24,27)/t20-/m1/s1. The van der Waals surface area contributed by atoms with Crippen LogP contribution >= 0.6 is 11.3 Å². The summed E-state index contributed by atoms with van der Waals surface area (Å²) in [4.78, 5) is 30.8. The minimum absolute atomic E-state index is 0.0580. The largest absolute Gasteiger partial charge is 0.356 e. The third-order valence-electron chi connectivity index (χ3n) is 5.25. The first-order chi connectivity index (χ1) is 13.6. The van der Waals surface area contributed by atoms with Crippen LogP contribution in [0.25, 0.3) is 0 Å². The van der Waals surface area contributed by atoms with E-state index in [9.17, 15) is 9.59 Å². The summed E-state index contributed by atoms with van der Waals surface area (Å²) in [6.45, 7) is 3.87. The number of hydrogen-bond acceptors (Lipinski definition) is 4. The van der Waals surface area contributed by atoms with Gasteiger partial charge in [0, 0.05) is 36.3 Å². The highest BCUT2D eigenvalue weighted by Crippen LogP contribution is 2.30. The molecule has 28 heavy (non-hydrogen) atoms. The zero-order valence-corrected chi connectivity index (χ0v) is 16.6. The van der Waals surface area contributed by atoms with Crippen LogP contribution in [0.5, 0.6) is 0 Å². The summed E-state index contributed by atoms with van der Waals surface area (Å²) >= 11 is 1.83. The van der Waals surface area contributed by atoms with Crippen LogP contribution in [0.2, 0.25) is 0 Å². The summed E-state index contributed by atoms with van der Waals surface area (Å²) in [5.74, 6) is -0.251. The summed E-state index contributed by atoms with van der Waals surface area (Å²) in [5, 5.41) is 5.20. The van der Waals surface area contributed by atoms with E-state index < -0.39 is 0 Å². The van der Waals surface area contributed by atoms with Crippen LogP contribution in [-0.4, -0.2) is 34.7 Å². The van der Waals surface area contributed by atoms with E-state index >= 15 is 0 Å². The highest BCUT2D eigenvalue weighted by molar-refractivity contribution is 7.10. The van der Waals surface area contributed by atoms with Crippen LogP contribution in [0.1, 0.15) is 49.8 Å². The molecule has 0 bridgehead atoms. The fourth-order valence-corrected chi connectivity index (χ4v) is 4.57. The number of aromatic amines is 1. The van der Waals surface area contributed by atoms with E-state index in [2.05, 4.69) is 38.8 Å². The van der Waals surface area contributed by atoms with Crippen molar-refractivity contribution >= 4 is 23.0 Å². The van der Waals surface area contributed by atoms with Crippen molar-refractivity contribution in [2.24, 2.45) is 0 Å². The van der Waals surface area contributed by atoms with Crippen LogP contribution in [0.15, 0.2) is 54.0 Å². The van der Waals surface area contributed by atoms with Crippen molar-refractivity contribution in [3.8, 4) is 0 Å². The number of aromatic nitrogens is 1. The second kappa shape index (κ2) is 8.12. The number of benzene rings is 1. The molecule has 0 saturated heterocycles. The van der Waals surface area contributed by atoms with Gasteiger partial charge in [-0.2, -0.15) is 0 Å². The van der Waals surface area contributed by atoms with E-state index in [0.717, 1.165) is 19.5 Å². The van der Waals surface area contributed by atoms with Gasteiger partial charge >= 0.3 is 0 Å². The van der Waals surface area contributed by atoms with Gasteiger partial charge < -0.3 is 10.3 Å². The van der Waals surface area contributed by atoms with Gasteiger partial charge in [0.1, 0.15) is 5.69 Å². The molecule has 6 heteroatoms. The molecule has 0 saturated carbocycles. The van der Waals surface area contributed by atoms with E-state index in [4.69, 9.17) is 0 Å². The molecule has 0 fully saturated rings. The monoisotopic (exact) mass is 393 g/mol. The van der Waals surface area contributed by atoms with Crippen molar-refractivity contribution in [2.45, 2.75) is 25.9 Å². The Kier molecular flexibility index (Phi) is 5.41. The molecule has 3 heterocycles. The Morgan fingerprint density at radius 1 is 1.25 bits per heavy atom. The fraction of sp³-hybridized carbons (Fsp3) is 0.273. The third kappa shape index (κ3) is 3.93. The molecule has 0 radical (unpaired) electrons. The van der Waals surface area contributed by atoms with Gasteiger partial charge in [-0.15, -0.1) is 11.3 Å². The van der Waals surface area contributed by atoms with Crippen molar-refractivity contribution in [2.75, 3.05) is 13.1 Å². The number of rotatable bonds is 6. The van der Waals surface area contributed by atoms with Crippen LogP contribution in [0, 0.1) is 0 Å². The van der Waals surface area contributed by atoms with E-state index in [1.54, 1.807) is 12.3 Å². The van der Waals surface area contributed by atoms with E-state index in [1.165, 1.54) is 22.9 Å². The highest BCUT2D eigenvalue weighted by atomic mass is 32.1. The fourth-order valence-electron chi connectivity index (χ4n) is 3.68. The lowest BCUT2D eigenvalue weighted by atomic mass is 10.0. The third-order valence-corrected chi connectivity index (χ3v) is 6.28. The van der Waals surface area contributed by atoms with Crippen molar-refractivity contribution < 1.29 is 9.59 Å². The molecule has 1 amide bonds. The molecule has 1 aliphatic rings. The number of carbonyl (C=O) groups excluding carboxylic acids is 2. The number of H-pyrrole nitrogens is 1. The predicted molar refractivity (Wildman–Crippen MR) is 111 cm³/mol. The number of hydrogen-bond donors (Lipinski definition) is 2. The number of carbonyl (C=O) groups is 2. The topological polar surface area (TPSA) is 65.2 Å². The molecule has 3 aromatic rings. The van der Waals surface area contributed by atoms with Crippen molar-refractivity contribution in [1.29, 1.82) is 0 Å². The maximum absolute atomic E-state index is 12.6. The normalized spacial score (nSPS) is 15.0. The molecule has 0 unspecified atom stereocenters. The summed E-state index contributed by atoms with van der Waals surface area (Å²) < 4.78 is 0. The Bertz CT molecular complexity index is 977. The average molecular weight is 394 g/mol. The lowest BCUT2D eigenvalue weighted by Gasteiger charge is -2.35. The lowest BCUT2D eigenvalue weighted by molar-refractivity contribution is 0.0923. The van der Waals surface area contributed by atoms with Gasteiger partial charge in [0.15, 0.2) is 5.78 Å². The van der Waals surface area contributed by atoms with Gasteiger partial charge in [0.05, 0.1) is 6.04 Å².